The predicted octanol–water partition coefficient (Wildman–Crippen LogP) is -0.245. The molecular weight excluding hydrogens is 202 g/mol. The lowest BCUT2D eigenvalue weighted by atomic mass is 9.98. The van der Waals surface area contributed by atoms with Crippen LogP contribution < -0.4 is 5.32 Å². The molecule has 3 heterocycles. The largest absolute Gasteiger partial charge is 0.381 e. The predicted molar refractivity (Wildman–Crippen MR) is 63.6 cm³/mol. The Hall–Kier alpha value is -0.160. The molecule has 3 aliphatic rings. The standard InChI is InChI=1S/C12H23N3O/c1-7-16-8-2-11(1)15-9-12(10-15)14-5-3-13-4-6-14/h11-13H,1-10H2. The summed E-state index contributed by atoms with van der Waals surface area (Å²) < 4.78 is 5.42. The lowest BCUT2D eigenvalue weighted by Gasteiger charge is -2.50. The lowest BCUT2D eigenvalue weighted by molar-refractivity contribution is -0.0382. The van der Waals surface area contributed by atoms with Crippen molar-refractivity contribution in [2.75, 3.05) is 52.5 Å². The smallest absolute Gasteiger partial charge is 0.0480 e. The molecule has 0 aromatic heterocycles. The van der Waals surface area contributed by atoms with Crippen molar-refractivity contribution >= 4 is 0 Å². The van der Waals surface area contributed by atoms with Crippen LogP contribution in [0, 0.1) is 0 Å². The number of nitrogens with zero attached hydrogens (tertiary/aromatic N) is 2. The van der Waals surface area contributed by atoms with Crippen molar-refractivity contribution in [1.82, 2.24) is 15.1 Å². The number of ether oxygens (including phenoxy) is 1. The van der Waals surface area contributed by atoms with Gasteiger partial charge in [-0.3, -0.25) is 9.80 Å². The van der Waals surface area contributed by atoms with Crippen LogP contribution in [0.2, 0.25) is 0 Å². The molecule has 3 saturated heterocycles. The summed E-state index contributed by atoms with van der Waals surface area (Å²) in [6, 6.07) is 1.65. The summed E-state index contributed by atoms with van der Waals surface area (Å²) in [6.45, 7) is 9.37. The molecule has 4 heteroatoms. The van der Waals surface area contributed by atoms with E-state index in [0.717, 1.165) is 25.3 Å². The molecule has 0 radical (unpaired) electrons. The van der Waals surface area contributed by atoms with Crippen molar-refractivity contribution in [3.05, 3.63) is 0 Å². The van der Waals surface area contributed by atoms with Crippen molar-refractivity contribution in [3.63, 3.8) is 0 Å². The molecule has 3 aliphatic heterocycles. The molecule has 4 nitrogen and oxygen atoms in total. The van der Waals surface area contributed by atoms with Crippen molar-refractivity contribution in [3.8, 4) is 0 Å². The van der Waals surface area contributed by atoms with E-state index >= 15 is 0 Å². The maximum Gasteiger partial charge on any atom is 0.0480 e. The van der Waals surface area contributed by atoms with Crippen LogP contribution >= 0.6 is 0 Å². The fraction of sp³-hybridized carbons (Fsp3) is 1.00. The molecule has 0 bridgehead atoms. The van der Waals surface area contributed by atoms with Gasteiger partial charge in [0.1, 0.15) is 0 Å². The van der Waals surface area contributed by atoms with Gasteiger partial charge in [0.25, 0.3) is 0 Å². The van der Waals surface area contributed by atoms with E-state index in [4.69, 9.17) is 4.74 Å². The highest BCUT2D eigenvalue weighted by atomic mass is 16.5. The molecular formula is C12H23N3O. The summed E-state index contributed by atoms with van der Waals surface area (Å²) in [5, 5.41) is 3.42. The van der Waals surface area contributed by atoms with Gasteiger partial charge in [-0.15, -0.1) is 0 Å². The average Bonchev–Trinajstić information content (AvgIpc) is 2.30. The van der Waals surface area contributed by atoms with Gasteiger partial charge in [-0.25, -0.2) is 0 Å². The molecule has 0 amide bonds. The highest BCUT2D eigenvalue weighted by molar-refractivity contribution is 4.93. The summed E-state index contributed by atoms with van der Waals surface area (Å²) >= 11 is 0. The Morgan fingerprint density at radius 3 is 2.25 bits per heavy atom. The Morgan fingerprint density at radius 1 is 0.875 bits per heavy atom. The monoisotopic (exact) mass is 225 g/mol. The Morgan fingerprint density at radius 2 is 1.56 bits per heavy atom. The van der Waals surface area contributed by atoms with Gasteiger partial charge in [0.05, 0.1) is 0 Å². The molecule has 0 saturated carbocycles. The second-order valence-electron chi connectivity index (χ2n) is 5.24. The number of piperazine rings is 1. The van der Waals surface area contributed by atoms with E-state index in [-0.39, 0.29) is 0 Å². The first-order valence-corrected chi connectivity index (χ1v) is 6.70. The molecule has 3 fully saturated rings. The van der Waals surface area contributed by atoms with Gasteiger partial charge in [0.2, 0.25) is 0 Å². The van der Waals surface area contributed by atoms with Gasteiger partial charge in [-0.1, -0.05) is 0 Å². The second-order valence-corrected chi connectivity index (χ2v) is 5.24. The molecule has 0 atom stereocenters. The summed E-state index contributed by atoms with van der Waals surface area (Å²) in [7, 11) is 0. The van der Waals surface area contributed by atoms with Crippen molar-refractivity contribution in [2.45, 2.75) is 24.9 Å². The van der Waals surface area contributed by atoms with E-state index in [0.29, 0.717) is 0 Å². The maximum absolute atomic E-state index is 5.42. The SMILES string of the molecule is C1CN(C2CN(C3CCOCC3)C2)CCN1. The maximum atomic E-state index is 5.42. The zero-order valence-electron chi connectivity index (χ0n) is 10.0. The summed E-state index contributed by atoms with van der Waals surface area (Å²) in [6.07, 6.45) is 2.49. The molecule has 0 aliphatic carbocycles. The van der Waals surface area contributed by atoms with E-state index in [1.807, 2.05) is 0 Å². The normalized spacial score (nSPS) is 31.5. The fourth-order valence-electron chi connectivity index (χ4n) is 3.11. The Labute approximate surface area is 97.9 Å². The van der Waals surface area contributed by atoms with E-state index in [2.05, 4.69) is 15.1 Å². The van der Waals surface area contributed by atoms with Crippen LogP contribution in [0.5, 0.6) is 0 Å². The molecule has 3 rings (SSSR count). The van der Waals surface area contributed by atoms with Crippen LogP contribution in [0.4, 0.5) is 0 Å². The topological polar surface area (TPSA) is 27.7 Å². The zero-order chi connectivity index (χ0) is 10.8. The minimum absolute atomic E-state index is 0.813. The van der Waals surface area contributed by atoms with E-state index in [1.165, 1.54) is 52.1 Å². The first-order valence-electron chi connectivity index (χ1n) is 6.70. The van der Waals surface area contributed by atoms with Crippen LogP contribution in [0.25, 0.3) is 0 Å². The van der Waals surface area contributed by atoms with Crippen LogP contribution in [0.1, 0.15) is 12.8 Å². The molecule has 1 N–H and O–H groups in total. The number of hydrogen-bond acceptors (Lipinski definition) is 4. The van der Waals surface area contributed by atoms with Crippen LogP contribution in [0.3, 0.4) is 0 Å². The minimum Gasteiger partial charge on any atom is -0.381 e. The number of nitrogens with one attached hydrogen (secondary N) is 1. The zero-order valence-corrected chi connectivity index (χ0v) is 10.0. The Bertz CT molecular complexity index is 196. The van der Waals surface area contributed by atoms with E-state index in [9.17, 15) is 0 Å². The third kappa shape index (κ3) is 2.25. The van der Waals surface area contributed by atoms with Crippen molar-refractivity contribution in [2.24, 2.45) is 0 Å². The van der Waals surface area contributed by atoms with Crippen LogP contribution in [0.15, 0.2) is 0 Å². The minimum atomic E-state index is 0.813. The van der Waals surface area contributed by atoms with Crippen molar-refractivity contribution < 1.29 is 4.74 Å². The Balaban J connectivity index is 1.43. The first kappa shape index (κ1) is 11.0. The van der Waals surface area contributed by atoms with Crippen LogP contribution in [-0.4, -0.2) is 74.4 Å². The number of likely N-dealkylation sites (tertiary alicyclic amines) is 1. The fourth-order valence-corrected chi connectivity index (χ4v) is 3.11. The third-order valence-electron chi connectivity index (χ3n) is 4.27. The van der Waals surface area contributed by atoms with Gasteiger partial charge < -0.3 is 10.1 Å². The van der Waals surface area contributed by atoms with Gasteiger partial charge in [-0.2, -0.15) is 0 Å². The van der Waals surface area contributed by atoms with Gasteiger partial charge in [0, 0.05) is 64.6 Å². The second kappa shape index (κ2) is 5.00. The van der Waals surface area contributed by atoms with Gasteiger partial charge >= 0.3 is 0 Å². The van der Waals surface area contributed by atoms with Crippen LogP contribution in [-0.2, 0) is 4.74 Å². The van der Waals surface area contributed by atoms with Crippen molar-refractivity contribution in [1.29, 1.82) is 0 Å². The Kier molecular flexibility index (Phi) is 3.43. The van der Waals surface area contributed by atoms with E-state index < -0.39 is 0 Å². The molecule has 0 spiro atoms. The molecule has 0 aromatic rings. The number of hydrogen-bond donors (Lipinski definition) is 1. The highest BCUT2D eigenvalue weighted by Crippen LogP contribution is 2.23. The van der Waals surface area contributed by atoms with Gasteiger partial charge in [-0.05, 0) is 12.8 Å². The number of rotatable bonds is 2. The molecule has 16 heavy (non-hydrogen) atoms. The molecule has 0 aromatic carbocycles. The summed E-state index contributed by atoms with van der Waals surface area (Å²) in [4.78, 5) is 5.32. The molecule has 0 unspecified atom stereocenters. The lowest BCUT2D eigenvalue weighted by Crippen LogP contribution is -2.65. The summed E-state index contributed by atoms with van der Waals surface area (Å²) in [5.41, 5.74) is 0. The highest BCUT2D eigenvalue weighted by Gasteiger charge is 2.36. The van der Waals surface area contributed by atoms with E-state index in [1.54, 1.807) is 0 Å². The first-order chi connectivity index (χ1) is 7.93. The quantitative estimate of drug-likeness (QED) is 0.702. The summed E-state index contributed by atoms with van der Waals surface area (Å²) in [5.74, 6) is 0. The molecule has 92 valence electrons. The average molecular weight is 225 g/mol. The third-order valence-corrected chi connectivity index (χ3v) is 4.27. The van der Waals surface area contributed by atoms with Gasteiger partial charge in [0.15, 0.2) is 0 Å².